The smallest absolute Gasteiger partial charge is 0.224 e. The topological polar surface area (TPSA) is 47.6 Å². The number of ether oxygens (including phenoxy) is 2. The Morgan fingerprint density at radius 2 is 1.87 bits per heavy atom. The zero-order chi connectivity index (χ0) is 16.5. The fraction of sp³-hybridized carbons (Fsp3) is 0.389. The molecule has 2 aromatic rings. The molecule has 0 atom stereocenters. The van der Waals surface area contributed by atoms with Crippen molar-refractivity contribution in [3.05, 3.63) is 46.2 Å². The Balaban J connectivity index is 1.85. The summed E-state index contributed by atoms with van der Waals surface area (Å²) in [6.45, 7) is 5.72. The maximum absolute atomic E-state index is 11.9. The molecule has 2 rings (SSSR count). The lowest BCUT2D eigenvalue weighted by molar-refractivity contribution is -0.120. The standard InChI is InChI=1S/C18H23NO3S/c1-3-21-16-6-5-14(11-17(16)22-4-2)7-9-19-18(20)12-15-8-10-23-13-15/h5-6,8,10-11,13H,3-4,7,9,12H2,1-2H3,(H,19,20). The van der Waals surface area contributed by atoms with Gasteiger partial charge in [-0.25, -0.2) is 0 Å². The highest BCUT2D eigenvalue weighted by Gasteiger charge is 2.07. The minimum absolute atomic E-state index is 0.0550. The minimum Gasteiger partial charge on any atom is -0.490 e. The highest BCUT2D eigenvalue weighted by molar-refractivity contribution is 7.07. The van der Waals surface area contributed by atoms with Gasteiger partial charge in [0.15, 0.2) is 11.5 Å². The Morgan fingerprint density at radius 3 is 2.57 bits per heavy atom. The van der Waals surface area contributed by atoms with Gasteiger partial charge in [0.1, 0.15) is 0 Å². The predicted octanol–water partition coefficient (Wildman–Crippen LogP) is 3.45. The van der Waals surface area contributed by atoms with Crippen LogP contribution in [0.25, 0.3) is 0 Å². The summed E-state index contributed by atoms with van der Waals surface area (Å²) in [6, 6.07) is 7.90. The van der Waals surface area contributed by atoms with Gasteiger partial charge in [0.2, 0.25) is 5.91 Å². The molecule has 0 aliphatic heterocycles. The van der Waals surface area contributed by atoms with Crippen molar-refractivity contribution in [2.24, 2.45) is 0 Å². The molecule has 1 aromatic heterocycles. The van der Waals surface area contributed by atoms with Gasteiger partial charge in [0.05, 0.1) is 19.6 Å². The van der Waals surface area contributed by atoms with E-state index in [1.165, 1.54) is 0 Å². The molecule has 1 N–H and O–H groups in total. The third-order valence-electron chi connectivity index (χ3n) is 3.29. The maximum atomic E-state index is 11.9. The number of thiophene rings is 1. The average Bonchev–Trinajstić information content (AvgIpc) is 3.03. The van der Waals surface area contributed by atoms with Gasteiger partial charge in [-0.15, -0.1) is 0 Å². The summed E-state index contributed by atoms with van der Waals surface area (Å²) < 4.78 is 11.2. The van der Waals surface area contributed by atoms with Crippen molar-refractivity contribution in [1.82, 2.24) is 5.32 Å². The van der Waals surface area contributed by atoms with Crippen LogP contribution in [0.3, 0.4) is 0 Å². The van der Waals surface area contributed by atoms with Gasteiger partial charge in [-0.05, 0) is 60.4 Å². The van der Waals surface area contributed by atoms with Crippen molar-refractivity contribution in [3.8, 4) is 11.5 Å². The molecule has 23 heavy (non-hydrogen) atoms. The van der Waals surface area contributed by atoms with Gasteiger partial charge in [-0.1, -0.05) is 6.07 Å². The van der Waals surface area contributed by atoms with Crippen LogP contribution in [0.15, 0.2) is 35.0 Å². The molecule has 5 heteroatoms. The second-order valence-electron chi connectivity index (χ2n) is 5.06. The van der Waals surface area contributed by atoms with Crippen molar-refractivity contribution in [2.45, 2.75) is 26.7 Å². The molecule has 1 aromatic carbocycles. The predicted molar refractivity (Wildman–Crippen MR) is 93.5 cm³/mol. The summed E-state index contributed by atoms with van der Waals surface area (Å²) in [5.74, 6) is 1.58. The first kappa shape index (κ1) is 17.3. The van der Waals surface area contributed by atoms with E-state index in [-0.39, 0.29) is 5.91 Å². The van der Waals surface area contributed by atoms with Crippen LogP contribution in [0.4, 0.5) is 0 Å². The number of nitrogens with one attached hydrogen (secondary N) is 1. The molecule has 0 aliphatic carbocycles. The third-order valence-corrected chi connectivity index (χ3v) is 4.02. The zero-order valence-electron chi connectivity index (χ0n) is 13.6. The summed E-state index contributed by atoms with van der Waals surface area (Å²) in [7, 11) is 0. The van der Waals surface area contributed by atoms with Crippen molar-refractivity contribution in [2.75, 3.05) is 19.8 Å². The fourth-order valence-corrected chi connectivity index (χ4v) is 2.91. The SMILES string of the molecule is CCOc1ccc(CCNC(=O)Cc2ccsc2)cc1OCC. The van der Waals surface area contributed by atoms with Crippen LogP contribution < -0.4 is 14.8 Å². The molecule has 0 bridgehead atoms. The maximum Gasteiger partial charge on any atom is 0.224 e. The van der Waals surface area contributed by atoms with Crippen molar-refractivity contribution in [3.63, 3.8) is 0 Å². The van der Waals surface area contributed by atoms with E-state index in [0.29, 0.717) is 26.2 Å². The van der Waals surface area contributed by atoms with Crippen molar-refractivity contribution >= 4 is 17.2 Å². The first-order valence-corrected chi connectivity index (χ1v) is 8.83. The molecule has 1 amide bonds. The normalized spacial score (nSPS) is 10.3. The monoisotopic (exact) mass is 333 g/mol. The lowest BCUT2D eigenvalue weighted by atomic mass is 10.1. The van der Waals surface area contributed by atoms with E-state index >= 15 is 0 Å². The number of hydrogen-bond acceptors (Lipinski definition) is 4. The van der Waals surface area contributed by atoms with Crippen LogP contribution in [0.2, 0.25) is 0 Å². The van der Waals surface area contributed by atoms with Gasteiger partial charge in [0, 0.05) is 6.54 Å². The molecule has 0 radical (unpaired) electrons. The largest absolute Gasteiger partial charge is 0.490 e. The van der Waals surface area contributed by atoms with Crippen LogP contribution in [-0.2, 0) is 17.6 Å². The quantitative estimate of drug-likeness (QED) is 0.764. The Labute approximate surface area is 141 Å². The first-order chi connectivity index (χ1) is 11.2. The van der Waals surface area contributed by atoms with Gasteiger partial charge >= 0.3 is 0 Å². The Kier molecular flexibility index (Phi) is 6.94. The summed E-state index contributed by atoms with van der Waals surface area (Å²) in [6.07, 6.45) is 1.21. The average molecular weight is 333 g/mol. The first-order valence-electron chi connectivity index (χ1n) is 7.89. The molecule has 0 unspecified atom stereocenters. The van der Waals surface area contributed by atoms with Gasteiger partial charge in [-0.2, -0.15) is 11.3 Å². The van der Waals surface area contributed by atoms with E-state index < -0.39 is 0 Å². The molecule has 1 heterocycles. The summed E-state index contributed by atoms with van der Waals surface area (Å²) in [5, 5.41) is 6.94. The van der Waals surface area contributed by atoms with Crippen LogP contribution >= 0.6 is 11.3 Å². The third kappa shape index (κ3) is 5.60. The van der Waals surface area contributed by atoms with Gasteiger partial charge in [0.25, 0.3) is 0 Å². The highest BCUT2D eigenvalue weighted by atomic mass is 32.1. The summed E-state index contributed by atoms with van der Waals surface area (Å²) >= 11 is 1.61. The second kappa shape index (κ2) is 9.20. The number of hydrogen-bond donors (Lipinski definition) is 1. The van der Waals surface area contributed by atoms with Crippen LogP contribution in [0.1, 0.15) is 25.0 Å². The van der Waals surface area contributed by atoms with Crippen LogP contribution in [-0.4, -0.2) is 25.7 Å². The number of carbonyl (C=O) groups is 1. The second-order valence-corrected chi connectivity index (χ2v) is 5.84. The highest BCUT2D eigenvalue weighted by Crippen LogP contribution is 2.28. The molecule has 0 spiro atoms. The minimum atomic E-state index is 0.0550. The number of rotatable bonds is 9. The van der Waals surface area contributed by atoms with E-state index in [4.69, 9.17) is 9.47 Å². The van der Waals surface area contributed by atoms with E-state index in [2.05, 4.69) is 5.32 Å². The fourth-order valence-electron chi connectivity index (χ4n) is 2.24. The van der Waals surface area contributed by atoms with Crippen LogP contribution in [0.5, 0.6) is 11.5 Å². The molecule has 0 aliphatic rings. The van der Waals surface area contributed by atoms with Crippen LogP contribution in [0, 0.1) is 0 Å². The van der Waals surface area contributed by atoms with E-state index in [1.54, 1.807) is 11.3 Å². The number of amides is 1. The molecule has 0 saturated heterocycles. The number of carbonyl (C=O) groups excluding carboxylic acids is 1. The molecular formula is C18H23NO3S. The number of benzene rings is 1. The zero-order valence-corrected chi connectivity index (χ0v) is 14.4. The van der Waals surface area contributed by atoms with Crippen molar-refractivity contribution in [1.29, 1.82) is 0 Å². The van der Waals surface area contributed by atoms with E-state index in [1.807, 2.05) is 48.9 Å². The Hall–Kier alpha value is -2.01. The van der Waals surface area contributed by atoms with Gasteiger partial charge in [-0.3, -0.25) is 4.79 Å². The molecule has 0 saturated carbocycles. The molecule has 124 valence electrons. The Bertz CT molecular complexity index is 611. The summed E-state index contributed by atoms with van der Waals surface area (Å²) in [4.78, 5) is 11.9. The van der Waals surface area contributed by atoms with E-state index in [9.17, 15) is 4.79 Å². The lowest BCUT2D eigenvalue weighted by Crippen LogP contribution is -2.27. The van der Waals surface area contributed by atoms with E-state index in [0.717, 1.165) is 29.0 Å². The van der Waals surface area contributed by atoms with Gasteiger partial charge < -0.3 is 14.8 Å². The molecule has 0 fully saturated rings. The molecule has 4 nitrogen and oxygen atoms in total. The molecular weight excluding hydrogens is 310 g/mol. The van der Waals surface area contributed by atoms with Crippen molar-refractivity contribution < 1.29 is 14.3 Å². The summed E-state index contributed by atoms with van der Waals surface area (Å²) in [5.41, 5.74) is 2.18. The Morgan fingerprint density at radius 1 is 1.09 bits per heavy atom. The lowest BCUT2D eigenvalue weighted by Gasteiger charge is -2.12.